The molecule has 2 aromatic carbocycles. The second-order valence-electron chi connectivity index (χ2n) is 8.02. The van der Waals surface area contributed by atoms with Crippen molar-refractivity contribution in [3.8, 4) is 11.5 Å². The van der Waals surface area contributed by atoms with Crippen molar-refractivity contribution in [2.24, 2.45) is 0 Å². The van der Waals surface area contributed by atoms with E-state index >= 15 is 0 Å². The van der Waals surface area contributed by atoms with Gasteiger partial charge in [0.1, 0.15) is 24.2 Å². The van der Waals surface area contributed by atoms with Crippen LogP contribution in [0.3, 0.4) is 0 Å². The van der Waals surface area contributed by atoms with E-state index in [1.165, 1.54) is 0 Å². The Morgan fingerprint density at radius 2 is 1.90 bits per heavy atom. The van der Waals surface area contributed by atoms with Crippen LogP contribution in [0, 0.1) is 0 Å². The summed E-state index contributed by atoms with van der Waals surface area (Å²) in [5.74, 6) is -1.28. The maximum Gasteiger partial charge on any atom is 0.236 e. The van der Waals surface area contributed by atoms with Crippen LogP contribution in [-0.2, 0) is 15.9 Å². The third-order valence-electron chi connectivity index (χ3n) is 6.36. The Morgan fingerprint density at radius 1 is 1.14 bits per heavy atom. The maximum atomic E-state index is 13.4. The topological polar surface area (TPSA) is 94.5 Å². The quantitative estimate of drug-likeness (QED) is 0.818. The van der Waals surface area contributed by atoms with Crippen LogP contribution in [0.5, 0.6) is 11.5 Å². The monoisotopic (exact) mass is 396 g/mol. The average molecular weight is 396 g/mol. The van der Waals surface area contributed by atoms with Gasteiger partial charge in [0.25, 0.3) is 0 Å². The van der Waals surface area contributed by atoms with E-state index in [0.717, 1.165) is 6.42 Å². The van der Waals surface area contributed by atoms with E-state index in [1.807, 2.05) is 0 Å². The van der Waals surface area contributed by atoms with E-state index in [2.05, 4.69) is 0 Å². The van der Waals surface area contributed by atoms with Crippen LogP contribution in [-0.4, -0.2) is 47.4 Å². The zero-order valence-electron chi connectivity index (χ0n) is 15.6. The highest BCUT2D eigenvalue weighted by molar-refractivity contribution is 6.14. The molecule has 0 aromatic heterocycles. The van der Waals surface area contributed by atoms with Crippen molar-refractivity contribution in [1.29, 1.82) is 0 Å². The Kier molecular flexibility index (Phi) is 3.48. The van der Waals surface area contributed by atoms with Crippen molar-refractivity contribution in [3.05, 3.63) is 58.1 Å². The smallest absolute Gasteiger partial charge is 0.236 e. The molecule has 0 bridgehead atoms. The van der Waals surface area contributed by atoms with E-state index in [-0.39, 0.29) is 12.4 Å². The fraction of sp³-hybridized carbons (Fsp3) is 0.409. The van der Waals surface area contributed by atoms with Gasteiger partial charge in [-0.3, -0.25) is 4.79 Å². The minimum absolute atomic E-state index is 0.221. The third kappa shape index (κ3) is 2.30. The van der Waals surface area contributed by atoms with Crippen LogP contribution in [0.1, 0.15) is 51.6 Å². The van der Waals surface area contributed by atoms with Crippen molar-refractivity contribution in [3.63, 3.8) is 0 Å². The van der Waals surface area contributed by atoms with Gasteiger partial charge in [-0.1, -0.05) is 24.3 Å². The number of hydrogen-bond acceptors (Lipinski definition) is 7. The van der Waals surface area contributed by atoms with Crippen LogP contribution in [0.4, 0.5) is 0 Å². The highest BCUT2D eigenvalue weighted by atomic mass is 16.7. The van der Waals surface area contributed by atoms with E-state index in [0.29, 0.717) is 65.4 Å². The summed E-state index contributed by atoms with van der Waals surface area (Å²) >= 11 is 0. The number of fused-ring (bicyclic) bond motifs is 3. The summed E-state index contributed by atoms with van der Waals surface area (Å²) in [6.45, 7) is 0.753. The van der Waals surface area contributed by atoms with E-state index in [9.17, 15) is 15.0 Å². The minimum Gasteiger partial charge on any atom is -0.461 e. The highest BCUT2D eigenvalue weighted by Crippen LogP contribution is 2.52. The van der Waals surface area contributed by atoms with Crippen molar-refractivity contribution in [1.82, 2.24) is 0 Å². The predicted octanol–water partition coefficient (Wildman–Crippen LogP) is 1.85. The van der Waals surface area contributed by atoms with E-state index < -0.39 is 17.7 Å². The van der Waals surface area contributed by atoms with Gasteiger partial charge >= 0.3 is 0 Å². The van der Waals surface area contributed by atoms with Crippen LogP contribution in [0.25, 0.3) is 0 Å². The second kappa shape index (κ2) is 5.79. The van der Waals surface area contributed by atoms with E-state index in [1.54, 1.807) is 30.3 Å². The molecule has 1 spiro atoms. The maximum absolute atomic E-state index is 13.4. The molecule has 7 heteroatoms. The second-order valence-corrected chi connectivity index (χ2v) is 8.02. The normalized spacial score (nSPS) is 31.2. The van der Waals surface area contributed by atoms with Gasteiger partial charge in [-0.05, 0) is 11.6 Å². The molecule has 4 aliphatic rings. The number of aliphatic hydroxyl groups is 2. The van der Waals surface area contributed by atoms with Gasteiger partial charge in [0, 0.05) is 36.0 Å². The summed E-state index contributed by atoms with van der Waals surface area (Å²) in [6.07, 6.45) is 0.709. The molecule has 0 saturated carbocycles. The van der Waals surface area contributed by atoms with Crippen molar-refractivity contribution in [2.75, 3.05) is 19.8 Å². The molecule has 0 amide bonds. The van der Waals surface area contributed by atoms with Crippen molar-refractivity contribution in [2.45, 2.75) is 36.9 Å². The lowest BCUT2D eigenvalue weighted by Gasteiger charge is -2.41. The summed E-state index contributed by atoms with van der Waals surface area (Å²) < 4.78 is 23.5. The molecule has 1 aliphatic carbocycles. The number of benzene rings is 2. The minimum atomic E-state index is -1.18. The molecule has 2 N–H and O–H groups in total. The summed E-state index contributed by atoms with van der Waals surface area (Å²) in [7, 11) is 0. The van der Waals surface area contributed by atoms with Gasteiger partial charge < -0.3 is 29.2 Å². The number of carbonyl (C=O) groups is 1. The van der Waals surface area contributed by atoms with Crippen LogP contribution >= 0.6 is 0 Å². The standard InChI is InChI=1S/C22H20O7/c23-11-22(6-8-27-22)29-20-15-10-21(5-7-26-21)28-16(15)9-14-17(20)19(25)13-4-2-1-3-12(13)18(14)24/h1-4,9,18,23-24H,5-8,10-11H2. The molecule has 2 saturated heterocycles. The van der Waals surface area contributed by atoms with Crippen molar-refractivity contribution < 1.29 is 34.0 Å². The fourth-order valence-corrected chi connectivity index (χ4v) is 4.57. The summed E-state index contributed by atoms with van der Waals surface area (Å²) in [5.41, 5.74) is 2.45. The van der Waals surface area contributed by atoms with Gasteiger partial charge in [0.05, 0.1) is 18.8 Å². The van der Waals surface area contributed by atoms with Crippen LogP contribution < -0.4 is 9.47 Å². The molecule has 2 aromatic rings. The lowest BCUT2D eigenvalue weighted by Crippen LogP contribution is -2.52. The average Bonchev–Trinajstić information content (AvgIpc) is 3.09. The van der Waals surface area contributed by atoms with Gasteiger partial charge in [-0.2, -0.15) is 0 Å². The predicted molar refractivity (Wildman–Crippen MR) is 99.0 cm³/mol. The van der Waals surface area contributed by atoms with E-state index in [4.69, 9.17) is 18.9 Å². The molecule has 3 aliphatic heterocycles. The molecule has 6 rings (SSSR count). The lowest BCUT2D eigenvalue weighted by molar-refractivity contribution is -0.280. The number of ketones is 1. The fourth-order valence-electron chi connectivity index (χ4n) is 4.57. The van der Waals surface area contributed by atoms with Gasteiger partial charge in [0.2, 0.25) is 11.6 Å². The Morgan fingerprint density at radius 3 is 2.55 bits per heavy atom. The van der Waals surface area contributed by atoms with Gasteiger partial charge in [-0.25, -0.2) is 0 Å². The first kappa shape index (κ1) is 17.4. The third-order valence-corrected chi connectivity index (χ3v) is 6.36. The Hall–Kier alpha value is -2.45. The molecule has 3 heterocycles. The Balaban J connectivity index is 1.56. The molecule has 2 fully saturated rings. The van der Waals surface area contributed by atoms with Gasteiger partial charge in [0.15, 0.2) is 5.78 Å². The number of ether oxygens (including phenoxy) is 4. The Labute approximate surface area is 166 Å². The number of carbonyl (C=O) groups excluding carboxylic acids is 1. The molecular formula is C22H20O7. The number of aliphatic hydroxyl groups excluding tert-OH is 2. The van der Waals surface area contributed by atoms with Gasteiger partial charge in [-0.15, -0.1) is 0 Å². The summed E-state index contributed by atoms with van der Waals surface area (Å²) in [5, 5.41) is 20.9. The molecule has 150 valence electrons. The first-order chi connectivity index (χ1) is 14.0. The summed E-state index contributed by atoms with van der Waals surface area (Å²) in [6, 6.07) is 8.74. The Bertz CT molecular complexity index is 1030. The van der Waals surface area contributed by atoms with Crippen molar-refractivity contribution >= 4 is 5.78 Å². The zero-order valence-corrected chi connectivity index (χ0v) is 15.6. The number of hydrogen-bond donors (Lipinski definition) is 2. The molecular weight excluding hydrogens is 376 g/mol. The first-order valence-electron chi connectivity index (χ1n) is 9.83. The largest absolute Gasteiger partial charge is 0.461 e. The van der Waals surface area contributed by atoms with Crippen LogP contribution in [0.15, 0.2) is 30.3 Å². The molecule has 3 unspecified atom stereocenters. The summed E-state index contributed by atoms with van der Waals surface area (Å²) in [4.78, 5) is 13.4. The lowest BCUT2D eigenvalue weighted by atomic mass is 9.81. The molecule has 3 atom stereocenters. The zero-order chi connectivity index (χ0) is 19.8. The molecule has 29 heavy (non-hydrogen) atoms. The highest BCUT2D eigenvalue weighted by Gasteiger charge is 2.51. The number of rotatable bonds is 3. The first-order valence-corrected chi connectivity index (χ1v) is 9.83. The molecule has 7 nitrogen and oxygen atoms in total. The molecule has 0 radical (unpaired) electrons. The SMILES string of the molecule is O=C1c2ccccc2C(O)c2cc3c(c(OC4(CO)CCO4)c21)CC1(CCO1)O3. The van der Waals surface area contributed by atoms with Crippen LogP contribution in [0.2, 0.25) is 0 Å².